The van der Waals surface area contributed by atoms with E-state index in [9.17, 15) is 0 Å². The smallest absolute Gasteiger partial charge is 0.143 e. The molecule has 8 aromatic carbocycles. The largest absolute Gasteiger partial charge is 0.456 e. The highest BCUT2D eigenvalue weighted by molar-refractivity contribution is 6.10. The third-order valence-corrected chi connectivity index (χ3v) is 11.5. The molecule has 1 unspecified atom stereocenters. The quantitative estimate of drug-likeness (QED) is 0.156. The number of benzene rings is 8. The summed E-state index contributed by atoms with van der Waals surface area (Å²) in [6.45, 7) is 6.82. The molecule has 0 aliphatic rings. The predicted octanol–water partition coefficient (Wildman–Crippen LogP) is 15.6. The molecule has 0 saturated heterocycles. The average Bonchev–Trinajstić information content (AvgIpc) is 3.81. The monoisotopic (exact) mass is 722 g/mol. The summed E-state index contributed by atoms with van der Waals surface area (Å²) >= 11 is 0. The van der Waals surface area contributed by atoms with Crippen LogP contribution in [-0.4, -0.2) is 0 Å². The molecular formula is C54H42O2. The normalized spacial score (nSPS) is 12.4. The van der Waals surface area contributed by atoms with E-state index in [0.717, 1.165) is 61.6 Å². The van der Waals surface area contributed by atoms with Crippen molar-refractivity contribution in [2.24, 2.45) is 0 Å². The van der Waals surface area contributed by atoms with Gasteiger partial charge >= 0.3 is 0 Å². The van der Waals surface area contributed by atoms with Gasteiger partial charge in [0.05, 0.1) is 0 Å². The van der Waals surface area contributed by atoms with Gasteiger partial charge in [-0.05, 0) is 116 Å². The number of furan rings is 2. The third kappa shape index (κ3) is 6.18. The van der Waals surface area contributed by atoms with Crippen LogP contribution < -0.4 is 0 Å². The topological polar surface area (TPSA) is 26.3 Å². The maximum atomic E-state index is 6.61. The van der Waals surface area contributed by atoms with Crippen molar-refractivity contribution in [1.82, 2.24) is 0 Å². The summed E-state index contributed by atoms with van der Waals surface area (Å²) in [7, 11) is 0. The molecule has 10 rings (SSSR count). The SMILES string of the molecule is CC(C)c1cccc(-c2cccc(-c3cccc4c3oc3ccc(CC(C)c5cccc(-c6cccc(-c7ccc8c(c7)oc7ccccc78)c6)c5)cc34)c2)c1. The van der Waals surface area contributed by atoms with E-state index in [0.29, 0.717) is 11.8 Å². The summed E-state index contributed by atoms with van der Waals surface area (Å²) in [6.07, 6.45) is 0.931. The molecule has 2 heteroatoms. The standard InChI is InChI=1S/C54H42O2/c1-34(2)37-11-6-13-39(29-37)43-17-9-18-45(32-43)46-20-10-21-49-50-28-36(23-26-52(50)56-54(46)49)27-35(3)38-12-7-14-40(30-38)41-15-8-16-42(31-41)44-24-25-48-47-19-4-5-22-51(47)55-53(48)33-44/h4-26,28-35H,27H2,1-3H3. The van der Waals surface area contributed by atoms with E-state index in [2.05, 4.69) is 185 Å². The van der Waals surface area contributed by atoms with Crippen LogP contribution in [0.4, 0.5) is 0 Å². The Kier molecular flexibility index (Phi) is 8.41. The van der Waals surface area contributed by atoms with Crippen LogP contribution in [0.25, 0.3) is 88.4 Å². The average molecular weight is 723 g/mol. The van der Waals surface area contributed by atoms with E-state index in [-0.39, 0.29) is 0 Å². The molecule has 2 heterocycles. The molecule has 0 N–H and O–H groups in total. The molecule has 2 aromatic heterocycles. The molecule has 0 amide bonds. The van der Waals surface area contributed by atoms with E-state index in [4.69, 9.17) is 8.83 Å². The molecule has 0 spiro atoms. The van der Waals surface area contributed by atoms with Gasteiger partial charge in [-0.3, -0.25) is 0 Å². The molecule has 1 atom stereocenters. The second-order valence-electron chi connectivity index (χ2n) is 15.6. The summed E-state index contributed by atoms with van der Waals surface area (Å²) in [5.74, 6) is 0.817. The minimum absolute atomic E-state index is 0.330. The van der Waals surface area contributed by atoms with Crippen molar-refractivity contribution in [3.05, 3.63) is 193 Å². The van der Waals surface area contributed by atoms with Gasteiger partial charge in [0.15, 0.2) is 0 Å². The Bertz CT molecular complexity index is 3060. The fraction of sp³-hybridized carbons (Fsp3) is 0.111. The van der Waals surface area contributed by atoms with Crippen LogP contribution in [0.3, 0.4) is 0 Å². The lowest BCUT2D eigenvalue weighted by Crippen LogP contribution is -1.99. The van der Waals surface area contributed by atoms with Gasteiger partial charge in [0.1, 0.15) is 22.3 Å². The molecule has 0 fully saturated rings. The summed E-state index contributed by atoms with van der Waals surface area (Å²) in [5, 5.41) is 4.62. The lowest BCUT2D eigenvalue weighted by atomic mass is 9.90. The lowest BCUT2D eigenvalue weighted by Gasteiger charge is -2.14. The minimum Gasteiger partial charge on any atom is -0.456 e. The van der Waals surface area contributed by atoms with Gasteiger partial charge < -0.3 is 8.83 Å². The van der Waals surface area contributed by atoms with Crippen LogP contribution in [0.15, 0.2) is 185 Å². The molecule has 56 heavy (non-hydrogen) atoms. The van der Waals surface area contributed by atoms with Crippen molar-refractivity contribution < 1.29 is 8.83 Å². The Labute approximate surface area is 327 Å². The first-order chi connectivity index (χ1) is 27.4. The first-order valence-electron chi connectivity index (χ1n) is 19.7. The molecule has 0 radical (unpaired) electrons. The highest BCUT2D eigenvalue weighted by Crippen LogP contribution is 2.39. The van der Waals surface area contributed by atoms with Gasteiger partial charge in [0.2, 0.25) is 0 Å². The molecule has 270 valence electrons. The zero-order valence-electron chi connectivity index (χ0n) is 31.9. The van der Waals surface area contributed by atoms with Crippen LogP contribution >= 0.6 is 0 Å². The van der Waals surface area contributed by atoms with Gasteiger partial charge in [0, 0.05) is 27.1 Å². The predicted molar refractivity (Wildman–Crippen MR) is 235 cm³/mol. The van der Waals surface area contributed by atoms with E-state index in [1.807, 2.05) is 12.1 Å². The number of fused-ring (bicyclic) bond motifs is 6. The van der Waals surface area contributed by atoms with E-state index < -0.39 is 0 Å². The van der Waals surface area contributed by atoms with Crippen molar-refractivity contribution in [3.8, 4) is 44.5 Å². The summed E-state index contributed by atoms with van der Waals surface area (Å²) in [6, 6.07) is 63.6. The Morgan fingerprint density at radius 1 is 0.375 bits per heavy atom. The number of rotatable bonds is 8. The lowest BCUT2D eigenvalue weighted by molar-refractivity contribution is 0.669. The Morgan fingerprint density at radius 2 is 0.946 bits per heavy atom. The maximum absolute atomic E-state index is 6.61. The zero-order chi connectivity index (χ0) is 37.8. The zero-order valence-corrected chi connectivity index (χ0v) is 31.9. The first kappa shape index (κ1) is 33.9. The van der Waals surface area contributed by atoms with Crippen LogP contribution in [0.1, 0.15) is 49.3 Å². The van der Waals surface area contributed by atoms with Gasteiger partial charge in [-0.25, -0.2) is 0 Å². The third-order valence-electron chi connectivity index (χ3n) is 11.5. The summed E-state index contributed by atoms with van der Waals surface area (Å²) in [5.41, 5.74) is 17.2. The molecule has 0 aliphatic heterocycles. The van der Waals surface area contributed by atoms with Crippen molar-refractivity contribution in [3.63, 3.8) is 0 Å². The van der Waals surface area contributed by atoms with Crippen LogP contribution in [0.5, 0.6) is 0 Å². The van der Waals surface area contributed by atoms with Gasteiger partial charge in [-0.15, -0.1) is 0 Å². The van der Waals surface area contributed by atoms with Crippen molar-refractivity contribution in [1.29, 1.82) is 0 Å². The molecule has 0 bridgehead atoms. The molecule has 0 saturated carbocycles. The second kappa shape index (κ2) is 13.9. The van der Waals surface area contributed by atoms with Crippen LogP contribution in [0.2, 0.25) is 0 Å². The van der Waals surface area contributed by atoms with E-state index in [1.54, 1.807) is 0 Å². The van der Waals surface area contributed by atoms with Gasteiger partial charge in [-0.1, -0.05) is 154 Å². The molecule has 0 aliphatic carbocycles. The Hall–Kier alpha value is -6.64. The fourth-order valence-electron chi connectivity index (χ4n) is 8.42. The first-order valence-corrected chi connectivity index (χ1v) is 19.7. The summed E-state index contributed by atoms with van der Waals surface area (Å²) in [4.78, 5) is 0. The second-order valence-corrected chi connectivity index (χ2v) is 15.6. The van der Waals surface area contributed by atoms with Gasteiger partial charge in [-0.2, -0.15) is 0 Å². The Balaban J connectivity index is 0.915. The number of hydrogen-bond acceptors (Lipinski definition) is 2. The number of para-hydroxylation sites is 2. The van der Waals surface area contributed by atoms with E-state index >= 15 is 0 Å². The number of hydrogen-bond donors (Lipinski definition) is 0. The van der Waals surface area contributed by atoms with Gasteiger partial charge in [0.25, 0.3) is 0 Å². The highest BCUT2D eigenvalue weighted by atomic mass is 16.3. The molecule has 10 aromatic rings. The van der Waals surface area contributed by atoms with E-state index in [1.165, 1.54) is 49.9 Å². The van der Waals surface area contributed by atoms with Crippen LogP contribution in [0, 0.1) is 0 Å². The van der Waals surface area contributed by atoms with Crippen molar-refractivity contribution in [2.75, 3.05) is 0 Å². The van der Waals surface area contributed by atoms with Crippen molar-refractivity contribution >= 4 is 43.9 Å². The van der Waals surface area contributed by atoms with Crippen LogP contribution in [-0.2, 0) is 6.42 Å². The molecule has 2 nitrogen and oxygen atoms in total. The Morgan fingerprint density at radius 3 is 1.71 bits per heavy atom. The summed E-state index contributed by atoms with van der Waals surface area (Å²) < 4.78 is 12.8. The fourth-order valence-corrected chi connectivity index (χ4v) is 8.42. The maximum Gasteiger partial charge on any atom is 0.143 e. The minimum atomic E-state index is 0.330. The highest BCUT2D eigenvalue weighted by Gasteiger charge is 2.16. The van der Waals surface area contributed by atoms with Crippen molar-refractivity contribution in [2.45, 2.75) is 39.0 Å². The molecular weight excluding hydrogens is 681 g/mol.